The number of rotatable bonds is 4. The molecule has 0 saturated heterocycles. The highest BCUT2D eigenvalue weighted by Gasteiger charge is 2.27. The molecule has 0 unspecified atom stereocenters. The number of aliphatic carboxylic acids is 1. The molecule has 60 valence electrons. The highest BCUT2D eigenvalue weighted by molar-refractivity contribution is 14.1. The van der Waals surface area contributed by atoms with Crippen molar-refractivity contribution in [2.24, 2.45) is 0 Å². The topological polar surface area (TPSA) is 72.8 Å². The molecule has 0 atom stereocenters. The molecule has 0 aliphatic rings. The van der Waals surface area contributed by atoms with Crippen LogP contribution in [0.3, 0.4) is 0 Å². The van der Waals surface area contributed by atoms with Crippen molar-refractivity contribution in [1.82, 2.24) is 0 Å². The van der Waals surface area contributed by atoms with Crippen molar-refractivity contribution in [3.05, 3.63) is 0 Å². The molecule has 0 spiro atoms. The van der Waals surface area contributed by atoms with Crippen LogP contribution in [-0.2, 0) is 15.1 Å². The maximum Gasteiger partial charge on any atom is 0.360 e. The van der Waals surface area contributed by atoms with Crippen molar-refractivity contribution in [2.75, 3.05) is 6.16 Å². The summed E-state index contributed by atoms with van der Waals surface area (Å²) in [4.78, 5) is 9.99. The van der Waals surface area contributed by atoms with Crippen molar-refractivity contribution in [1.29, 1.82) is 0 Å². The lowest BCUT2D eigenvalue weighted by Gasteiger charge is -2.05. The van der Waals surface area contributed by atoms with Crippen LogP contribution in [0.25, 0.3) is 0 Å². The first-order valence-electron chi connectivity index (χ1n) is 1.95. The van der Waals surface area contributed by atoms with Gasteiger partial charge in [0.15, 0.2) is 0 Å². The van der Waals surface area contributed by atoms with Crippen LogP contribution in [0.1, 0.15) is 0 Å². The Morgan fingerprint density at radius 1 is 1.50 bits per heavy atom. The summed E-state index contributed by atoms with van der Waals surface area (Å²) in [6.45, 7) is 0. The van der Waals surface area contributed by atoms with Gasteiger partial charge in [0.25, 0.3) is 0 Å². The smallest absolute Gasteiger partial charge is 0.360 e. The molecule has 8 heteroatoms. The lowest BCUT2D eigenvalue weighted by molar-refractivity contribution is -0.134. The number of hydrogen-bond acceptors (Lipinski definition) is 4. The van der Waals surface area contributed by atoms with Crippen LogP contribution >= 0.6 is 53.6 Å². The van der Waals surface area contributed by atoms with Gasteiger partial charge in [0.2, 0.25) is 0 Å². The van der Waals surface area contributed by atoms with Crippen molar-refractivity contribution >= 4 is 59.6 Å². The van der Waals surface area contributed by atoms with Crippen LogP contribution < -0.4 is 0 Å². The van der Waals surface area contributed by atoms with Gasteiger partial charge in [-0.05, 0) is 0 Å². The molecule has 0 aromatic rings. The van der Waals surface area contributed by atoms with Crippen LogP contribution in [0.2, 0.25) is 0 Å². The quantitative estimate of drug-likeness (QED) is 0.586. The maximum atomic E-state index is 10.9. The van der Waals surface area contributed by atoms with Crippen LogP contribution in [0.4, 0.5) is 0 Å². The van der Waals surface area contributed by atoms with Gasteiger partial charge in [-0.3, -0.25) is 9.36 Å². The molecule has 0 aliphatic carbocycles. The highest BCUT2D eigenvalue weighted by Crippen LogP contribution is 2.51. The lowest BCUT2D eigenvalue weighted by atomic mass is 10.8. The SMILES string of the molecule is O=C(O)CP(=O)(OI)OI. The fraction of sp³-hybridized carbons (Fsp3) is 0.500. The number of carboxylic acid groups (broad SMARTS) is 1. The van der Waals surface area contributed by atoms with Gasteiger partial charge in [-0.1, -0.05) is 0 Å². The monoisotopic (exact) mass is 392 g/mol. The molecule has 10 heavy (non-hydrogen) atoms. The summed E-state index contributed by atoms with van der Waals surface area (Å²) < 4.78 is 19.5. The van der Waals surface area contributed by atoms with Gasteiger partial charge in [0.05, 0.1) is 0 Å². The minimum atomic E-state index is -3.36. The van der Waals surface area contributed by atoms with Gasteiger partial charge in [-0.2, -0.15) is 0 Å². The molecule has 0 saturated carbocycles. The minimum absolute atomic E-state index is 0.612. The Morgan fingerprint density at radius 3 is 2.00 bits per heavy atom. The maximum absolute atomic E-state index is 10.9. The van der Waals surface area contributed by atoms with Gasteiger partial charge in [0.1, 0.15) is 52.2 Å². The van der Waals surface area contributed by atoms with Crippen LogP contribution in [-0.4, -0.2) is 17.2 Å². The predicted octanol–water partition coefficient (Wildman–Crippen LogP) is 2.00. The summed E-state index contributed by atoms with van der Waals surface area (Å²) >= 11 is 2.69. The Labute approximate surface area is 85.4 Å². The Kier molecular flexibility index (Phi) is 5.38. The molecule has 1 N–H and O–H groups in total. The summed E-state index contributed by atoms with van der Waals surface area (Å²) in [5, 5.41) is 8.17. The van der Waals surface area contributed by atoms with Crippen molar-refractivity contribution in [2.45, 2.75) is 0 Å². The third-order valence-corrected chi connectivity index (χ3v) is 5.22. The van der Waals surface area contributed by atoms with E-state index < -0.39 is 19.7 Å². The second-order valence-corrected chi connectivity index (χ2v) is 5.48. The second kappa shape index (κ2) is 4.86. The van der Waals surface area contributed by atoms with Gasteiger partial charge in [-0.15, -0.1) is 0 Å². The zero-order chi connectivity index (χ0) is 8.20. The largest absolute Gasteiger partial charge is 0.481 e. The molecule has 0 aromatic heterocycles. The number of hydrogen-bond donors (Lipinski definition) is 1. The molecule has 0 radical (unpaired) electrons. The Morgan fingerprint density at radius 2 is 1.90 bits per heavy atom. The third-order valence-electron chi connectivity index (χ3n) is 0.539. The standard InChI is InChI=1S/C2H3I2O5P/c3-8-10(7,9-4)1-2(5)6/h1H2,(H,5,6). The summed E-state index contributed by atoms with van der Waals surface area (Å²) in [5.41, 5.74) is 0. The molecule has 5 nitrogen and oxygen atoms in total. The zero-order valence-corrected chi connectivity index (χ0v) is 9.70. The minimum Gasteiger partial charge on any atom is -0.481 e. The Hall–Kier alpha value is 1.08. The number of halogens is 2. The molecular formula is C2H3I2O5P. The molecular weight excluding hydrogens is 389 g/mol. The molecule has 0 aliphatic heterocycles. The fourth-order valence-corrected chi connectivity index (χ4v) is 2.92. The van der Waals surface area contributed by atoms with Crippen LogP contribution in [0.5, 0.6) is 0 Å². The van der Waals surface area contributed by atoms with Crippen LogP contribution in [0.15, 0.2) is 0 Å². The Balaban J connectivity index is 4.07. The first kappa shape index (κ1) is 11.1. The summed E-state index contributed by atoms with van der Waals surface area (Å²) in [6.07, 6.45) is -0.612. The van der Waals surface area contributed by atoms with E-state index in [1.54, 1.807) is 0 Å². The fourth-order valence-electron chi connectivity index (χ4n) is 0.225. The molecule has 0 amide bonds. The summed E-state index contributed by atoms with van der Waals surface area (Å²) in [6, 6.07) is 0. The molecule has 0 aromatic carbocycles. The predicted molar refractivity (Wildman–Crippen MR) is 50.3 cm³/mol. The molecule has 0 heterocycles. The van der Waals surface area contributed by atoms with Crippen LogP contribution in [0, 0.1) is 0 Å². The summed E-state index contributed by atoms with van der Waals surface area (Å²) in [7, 11) is -3.36. The third kappa shape index (κ3) is 4.06. The lowest BCUT2D eigenvalue weighted by Crippen LogP contribution is -2.03. The van der Waals surface area contributed by atoms with E-state index in [0.29, 0.717) is 0 Å². The van der Waals surface area contributed by atoms with E-state index in [4.69, 9.17) is 5.11 Å². The normalized spacial score (nSPS) is 11.4. The van der Waals surface area contributed by atoms with Gasteiger partial charge in [-0.25, -0.2) is 5.71 Å². The zero-order valence-electron chi connectivity index (χ0n) is 4.49. The first-order valence-corrected chi connectivity index (χ1v) is 5.44. The van der Waals surface area contributed by atoms with E-state index in [9.17, 15) is 9.36 Å². The molecule has 0 fully saturated rings. The van der Waals surface area contributed by atoms with Crippen molar-refractivity contribution < 1.29 is 20.2 Å². The van der Waals surface area contributed by atoms with E-state index in [-0.39, 0.29) is 0 Å². The Bertz CT molecular complexity index is 161. The highest BCUT2D eigenvalue weighted by atomic mass is 127. The van der Waals surface area contributed by atoms with E-state index >= 15 is 0 Å². The van der Waals surface area contributed by atoms with E-state index in [0.717, 1.165) is 0 Å². The van der Waals surface area contributed by atoms with Crippen molar-refractivity contribution in [3.8, 4) is 0 Å². The van der Waals surface area contributed by atoms with Gasteiger partial charge >= 0.3 is 13.6 Å². The van der Waals surface area contributed by atoms with E-state index in [2.05, 4.69) is 5.71 Å². The number of carboxylic acids is 1. The average Bonchev–Trinajstić information content (AvgIpc) is 1.87. The second-order valence-electron chi connectivity index (χ2n) is 1.30. The molecule has 0 rings (SSSR count). The van der Waals surface area contributed by atoms with E-state index in [1.165, 1.54) is 46.0 Å². The van der Waals surface area contributed by atoms with Gasteiger partial charge in [0, 0.05) is 0 Å². The van der Waals surface area contributed by atoms with Gasteiger partial charge < -0.3 is 5.11 Å². The first-order chi connectivity index (χ1) is 4.54. The summed E-state index contributed by atoms with van der Waals surface area (Å²) in [5.74, 6) is -1.21. The molecule has 0 bridgehead atoms. The van der Waals surface area contributed by atoms with Crippen molar-refractivity contribution in [3.63, 3.8) is 0 Å². The average molecular weight is 392 g/mol. The van der Waals surface area contributed by atoms with E-state index in [1.807, 2.05) is 0 Å². The number of carbonyl (C=O) groups is 1.